The zero-order chi connectivity index (χ0) is 13.9. The van der Waals surface area contributed by atoms with Gasteiger partial charge in [0.15, 0.2) is 0 Å². The standard InChI is InChI=1S/C12H20N2O2S3/c1-3-13-7-11-6-12(18-9-11)19(15,16)14-4-5-17-8-10(14)2/h6,9-10,13H,3-5,7-8H2,1-2H3. The summed E-state index contributed by atoms with van der Waals surface area (Å²) in [7, 11) is -3.30. The molecule has 1 aromatic heterocycles. The van der Waals surface area contributed by atoms with Crippen LogP contribution in [0.4, 0.5) is 0 Å². The minimum absolute atomic E-state index is 0.0862. The minimum atomic E-state index is -3.30. The third-order valence-corrected chi connectivity index (χ3v) is 7.75. The highest BCUT2D eigenvalue weighted by atomic mass is 32.2. The smallest absolute Gasteiger partial charge is 0.252 e. The Hall–Kier alpha value is -0.0800. The maximum absolute atomic E-state index is 12.6. The van der Waals surface area contributed by atoms with Crippen LogP contribution >= 0.6 is 23.1 Å². The van der Waals surface area contributed by atoms with Crippen LogP contribution in [0.25, 0.3) is 0 Å². The Morgan fingerprint density at radius 1 is 1.53 bits per heavy atom. The van der Waals surface area contributed by atoms with Crippen LogP contribution in [-0.4, -0.2) is 43.4 Å². The van der Waals surface area contributed by atoms with E-state index in [2.05, 4.69) is 5.32 Å². The summed E-state index contributed by atoms with van der Waals surface area (Å²) in [5.74, 6) is 1.77. The summed E-state index contributed by atoms with van der Waals surface area (Å²) in [5.41, 5.74) is 1.05. The van der Waals surface area contributed by atoms with Gasteiger partial charge in [0.2, 0.25) is 0 Å². The van der Waals surface area contributed by atoms with Gasteiger partial charge in [0.1, 0.15) is 4.21 Å². The van der Waals surface area contributed by atoms with Crippen molar-refractivity contribution in [2.24, 2.45) is 0 Å². The average Bonchev–Trinajstić information content (AvgIpc) is 2.86. The predicted octanol–water partition coefficient (Wildman–Crippen LogP) is 1.98. The van der Waals surface area contributed by atoms with Gasteiger partial charge in [-0.25, -0.2) is 8.42 Å². The Morgan fingerprint density at radius 2 is 2.32 bits per heavy atom. The van der Waals surface area contributed by atoms with Crippen molar-refractivity contribution in [2.45, 2.75) is 30.6 Å². The van der Waals surface area contributed by atoms with E-state index >= 15 is 0 Å². The largest absolute Gasteiger partial charge is 0.313 e. The number of nitrogens with one attached hydrogen (secondary N) is 1. The maximum Gasteiger partial charge on any atom is 0.252 e. The Kier molecular flexibility index (Phi) is 5.30. The molecule has 1 unspecified atom stereocenters. The lowest BCUT2D eigenvalue weighted by Gasteiger charge is -2.31. The highest BCUT2D eigenvalue weighted by Crippen LogP contribution is 2.28. The lowest BCUT2D eigenvalue weighted by Crippen LogP contribution is -2.44. The normalized spacial score (nSPS) is 21.7. The zero-order valence-corrected chi connectivity index (χ0v) is 13.7. The van der Waals surface area contributed by atoms with Crippen LogP contribution in [0.5, 0.6) is 0 Å². The second-order valence-corrected chi connectivity index (χ2v) is 8.77. The Bertz CT molecular complexity index is 513. The molecule has 0 bridgehead atoms. The van der Waals surface area contributed by atoms with Crippen LogP contribution in [0.15, 0.2) is 15.7 Å². The molecule has 19 heavy (non-hydrogen) atoms. The molecule has 7 heteroatoms. The van der Waals surface area contributed by atoms with E-state index < -0.39 is 10.0 Å². The van der Waals surface area contributed by atoms with Gasteiger partial charge in [-0.1, -0.05) is 6.92 Å². The second-order valence-electron chi connectivity index (χ2n) is 4.59. The van der Waals surface area contributed by atoms with Gasteiger partial charge in [0.05, 0.1) is 0 Å². The molecule has 1 fully saturated rings. The first-order valence-electron chi connectivity index (χ1n) is 6.43. The molecule has 1 aliphatic rings. The van der Waals surface area contributed by atoms with Crippen molar-refractivity contribution in [3.8, 4) is 0 Å². The number of hydrogen-bond acceptors (Lipinski definition) is 5. The topological polar surface area (TPSA) is 49.4 Å². The van der Waals surface area contributed by atoms with Crippen LogP contribution in [0.2, 0.25) is 0 Å². The molecule has 1 aromatic rings. The van der Waals surface area contributed by atoms with E-state index in [-0.39, 0.29) is 6.04 Å². The summed E-state index contributed by atoms with van der Waals surface area (Å²) in [6.45, 7) is 6.26. The Morgan fingerprint density at radius 3 is 3.00 bits per heavy atom. The molecule has 4 nitrogen and oxygen atoms in total. The first kappa shape index (κ1) is 15.3. The van der Waals surface area contributed by atoms with Crippen molar-refractivity contribution >= 4 is 33.1 Å². The van der Waals surface area contributed by atoms with Crippen LogP contribution in [0.1, 0.15) is 19.4 Å². The van der Waals surface area contributed by atoms with E-state index in [1.54, 1.807) is 10.4 Å². The van der Waals surface area contributed by atoms with Crippen molar-refractivity contribution < 1.29 is 8.42 Å². The van der Waals surface area contributed by atoms with E-state index in [1.165, 1.54) is 11.3 Å². The molecule has 108 valence electrons. The maximum atomic E-state index is 12.6. The Labute approximate surface area is 123 Å². The van der Waals surface area contributed by atoms with Crippen LogP contribution in [0, 0.1) is 0 Å². The minimum Gasteiger partial charge on any atom is -0.313 e. The lowest BCUT2D eigenvalue weighted by molar-refractivity contribution is 0.368. The molecular formula is C12H20N2O2S3. The SMILES string of the molecule is CCNCc1csc(S(=O)(=O)N2CCSCC2C)c1. The molecule has 0 radical (unpaired) electrons. The molecule has 1 aliphatic heterocycles. The van der Waals surface area contributed by atoms with Gasteiger partial charge >= 0.3 is 0 Å². The van der Waals surface area contributed by atoms with Crippen molar-refractivity contribution in [3.05, 3.63) is 17.0 Å². The fraction of sp³-hybridized carbons (Fsp3) is 0.667. The van der Waals surface area contributed by atoms with Gasteiger partial charge in [0.25, 0.3) is 10.0 Å². The van der Waals surface area contributed by atoms with Crippen molar-refractivity contribution in [2.75, 3.05) is 24.6 Å². The summed E-state index contributed by atoms with van der Waals surface area (Å²) in [4.78, 5) is 0. The first-order valence-corrected chi connectivity index (χ1v) is 9.91. The highest BCUT2D eigenvalue weighted by Gasteiger charge is 2.32. The number of rotatable bonds is 5. The third-order valence-electron chi connectivity index (χ3n) is 3.08. The molecule has 2 rings (SSSR count). The summed E-state index contributed by atoms with van der Waals surface area (Å²) < 4.78 is 27.3. The van der Waals surface area contributed by atoms with Crippen LogP contribution in [-0.2, 0) is 16.6 Å². The van der Waals surface area contributed by atoms with Crippen molar-refractivity contribution in [1.29, 1.82) is 0 Å². The van der Waals surface area contributed by atoms with Crippen LogP contribution in [0.3, 0.4) is 0 Å². The van der Waals surface area contributed by atoms with Gasteiger partial charge in [-0.05, 0) is 30.5 Å². The van der Waals surface area contributed by atoms with Gasteiger partial charge < -0.3 is 5.32 Å². The van der Waals surface area contributed by atoms with Gasteiger partial charge in [-0.2, -0.15) is 16.1 Å². The van der Waals surface area contributed by atoms with E-state index in [4.69, 9.17) is 0 Å². The van der Waals surface area contributed by atoms with Gasteiger partial charge in [0, 0.05) is 30.6 Å². The molecule has 1 N–H and O–H groups in total. The summed E-state index contributed by atoms with van der Waals surface area (Å²) >= 11 is 3.15. The molecule has 0 saturated carbocycles. The Balaban J connectivity index is 2.16. The number of thiophene rings is 1. The zero-order valence-electron chi connectivity index (χ0n) is 11.3. The van der Waals surface area contributed by atoms with Crippen LogP contribution < -0.4 is 5.32 Å². The van der Waals surface area contributed by atoms with Gasteiger partial charge in [-0.3, -0.25) is 0 Å². The van der Waals surface area contributed by atoms with E-state index in [9.17, 15) is 8.42 Å². The predicted molar refractivity (Wildman–Crippen MR) is 82.4 cm³/mol. The summed E-state index contributed by atoms with van der Waals surface area (Å²) in [6, 6.07) is 1.89. The molecule has 2 heterocycles. The number of sulfonamides is 1. The fourth-order valence-corrected chi connectivity index (χ4v) is 6.23. The van der Waals surface area contributed by atoms with Crippen molar-refractivity contribution in [3.63, 3.8) is 0 Å². The molecule has 0 aliphatic carbocycles. The molecule has 0 spiro atoms. The van der Waals surface area contributed by atoms with Crippen molar-refractivity contribution in [1.82, 2.24) is 9.62 Å². The summed E-state index contributed by atoms with van der Waals surface area (Å²) in [5, 5.41) is 5.14. The fourth-order valence-electron chi connectivity index (χ4n) is 2.04. The summed E-state index contributed by atoms with van der Waals surface area (Å²) in [6.07, 6.45) is 0. The lowest BCUT2D eigenvalue weighted by atomic mass is 10.3. The van der Waals surface area contributed by atoms with E-state index in [0.29, 0.717) is 10.8 Å². The molecule has 1 atom stereocenters. The highest BCUT2D eigenvalue weighted by molar-refractivity contribution is 7.99. The molecule has 0 amide bonds. The molecule has 1 saturated heterocycles. The monoisotopic (exact) mass is 320 g/mol. The number of thioether (sulfide) groups is 1. The first-order chi connectivity index (χ1) is 9.05. The average molecular weight is 321 g/mol. The third kappa shape index (κ3) is 3.52. The van der Waals surface area contributed by atoms with E-state index in [0.717, 1.165) is 30.2 Å². The quantitative estimate of drug-likeness (QED) is 0.901. The number of hydrogen-bond donors (Lipinski definition) is 1. The van der Waals surface area contributed by atoms with Gasteiger partial charge in [-0.15, -0.1) is 11.3 Å². The molecule has 0 aromatic carbocycles. The molecular weight excluding hydrogens is 300 g/mol. The number of nitrogens with zero attached hydrogens (tertiary/aromatic N) is 1. The second kappa shape index (κ2) is 6.58. The van der Waals surface area contributed by atoms with E-state index in [1.807, 2.05) is 31.0 Å².